The van der Waals surface area contributed by atoms with Gasteiger partial charge in [-0.1, -0.05) is 27.7 Å². The lowest BCUT2D eigenvalue weighted by Gasteiger charge is -2.39. The van der Waals surface area contributed by atoms with E-state index in [-0.39, 0.29) is 70.7 Å². The van der Waals surface area contributed by atoms with E-state index in [4.69, 9.17) is 109 Å². The summed E-state index contributed by atoms with van der Waals surface area (Å²) in [5.74, 6) is 0.373. The van der Waals surface area contributed by atoms with E-state index in [1.165, 1.54) is 0 Å². The van der Waals surface area contributed by atoms with Crippen LogP contribution in [0.1, 0.15) is 86.0 Å². The summed E-state index contributed by atoms with van der Waals surface area (Å²) in [4.78, 5) is 0. The van der Waals surface area contributed by atoms with Crippen molar-refractivity contribution in [3.05, 3.63) is 0 Å². The van der Waals surface area contributed by atoms with E-state index in [1.807, 2.05) is 27.7 Å². The van der Waals surface area contributed by atoms with Crippen LogP contribution in [-0.2, 0) is 109 Å². The van der Waals surface area contributed by atoms with Gasteiger partial charge in [-0.2, -0.15) is 0 Å². The van der Waals surface area contributed by atoms with E-state index in [9.17, 15) is 0 Å². The standard InChI is InChI=1S/C50H94O23/c1-15-37(52-7)48(67-28-64-45-41(56-11)18-31(4)23-61-45)71-34-20-42(57-12)46(62-26-34)65-29-68-49(38(16-2)53-8)72-35-21-43(58-13)47(63-27-35)66-30-69-50(39(17-3)54-9)73-36(24-51-6)22-44(59-14)70-33-19-40(55-10)32(5)60-25-33/h31-50H,15-30H2,1-14H3/t31?,32?,33?,34?,35?,36?,37-,38-,39?,40?,41?,42?,43?,44?,45?,46?,47?,48?,49?,50?/m0/s1. The number of rotatable bonds is 38. The summed E-state index contributed by atoms with van der Waals surface area (Å²) in [5, 5.41) is 0. The second kappa shape index (κ2) is 36.3. The molecule has 4 saturated heterocycles. The van der Waals surface area contributed by atoms with Crippen molar-refractivity contribution in [3.63, 3.8) is 0 Å². The number of hydrogen-bond donors (Lipinski definition) is 0. The van der Waals surface area contributed by atoms with Gasteiger partial charge in [-0.15, -0.1) is 0 Å². The molecule has 0 N–H and O–H groups in total. The Hall–Kier alpha value is -0.920. The van der Waals surface area contributed by atoms with Gasteiger partial charge in [-0.3, -0.25) is 0 Å². The zero-order chi connectivity index (χ0) is 53.1. The summed E-state index contributed by atoms with van der Waals surface area (Å²) in [5.41, 5.74) is 0. The van der Waals surface area contributed by atoms with Gasteiger partial charge in [-0.25, -0.2) is 0 Å². The van der Waals surface area contributed by atoms with Crippen LogP contribution in [0.2, 0.25) is 0 Å². The third-order valence-electron chi connectivity index (χ3n) is 13.6. The van der Waals surface area contributed by atoms with Gasteiger partial charge in [0, 0.05) is 89.7 Å². The molecule has 0 amide bonds. The highest BCUT2D eigenvalue weighted by molar-refractivity contribution is 4.81. The van der Waals surface area contributed by atoms with Crippen LogP contribution >= 0.6 is 0 Å². The van der Waals surface area contributed by atoms with Crippen LogP contribution in [-0.4, -0.2) is 235 Å². The topological polar surface area (TPSA) is 212 Å². The molecule has 0 bridgehead atoms. The predicted octanol–water partition coefficient (Wildman–Crippen LogP) is 4.51. The van der Waals surface area contributed by atoms with E-state index >= 15 is 0 Å². The van der Waals surface area contributed by atoms with Gasteiger partial charge in [0.15, 0.2) is 64.4 Å². The van der Waals surface area contributed by atoms with Crippen LogP contribution in [0.15, 0.2) is 0 Å². The highest BCUT2D eigenvalue weighted by Crippen LogP contribution is 2.29. The van der Waals surface area contributed by atoms with Crippen molar-refractivity contribution in [3.8, 4) is 0 Å². The average molecular weight is 1060 g/mol. The average Bonchev–Trinajstić information content (AvgIpc) is 3.40. The fraction of sp³-hybridized carbons (Fsp3) is 1.00. The molecule has 4 fully saturated rings. The van der Waals surface area contributed by atoms with Crippen molar-refractivity contribution in [2.75, 3.05) is 117 Å². The molecule has 20 atom stereocenters. The minimum absolute atomic E-state index is 0.0237. The first-order valence-corrected chi connectivity index (χ1v) is 25.9. The van der Waals surface area contributed by atoms with Gasteiger partial charge in [0.2, 0.25) is 0 Å². The highest BCUT2D eigenvalue weighted by atomic mass is 16.8. The number of ether oxygens (including phenoxy) is 23. The van der Waals surface area contributed by atoms with Crippen LogP contribution in [0.4, 0.5) is 0 Å². The molecule has 73 heavy (non-hydrogen) atoms. The summed E-state index contributed by atoms with van der Waals surface area (Å²) >= 11 is 0. The highest BCUT2D eigenvalue weighted by Gasteiger charge is 2.40. The van der Waals surface area contributed by atoms with Crippen molar-refractivity contribution < 1.29 is 109 Å². The van der Waals surface area contributed by atoms with Gasteiger partial charge < -0.3 is 109 Å². The van der Waals surface area contributed by atoms with Crippen LogP contribution in [0.3, 0.4) is 0 Å². The van der Waals surface area contributed by atoms with E-state index in [0.717, 1.165) is 6.42 Å². The summed E-state index contributed by atoms with van der Waals surface area (Å²) < 4.78 is 138. The molecule has 0 aromatic rings. The van der Waals surface area contributed by atoms with Crippen LogP contribution < -0.4 is 0 Å². The lowest BCUT2D eigenvalue weighted by Crippen LogP contribution is -2.49. The first kappa shape index (κ1) is 64.6. The van der Waals surface area contributed by atoms with Crippen molar-refractivity contribution in [1.82, 2.24) is 0 Å². The lowest BCUT2D eigenvalue weighted by molar-refractivity contribution is -0.338. The molecular weight excluding hydrogens is 969 g/mol. The Morgan fingerprint density at radius 1 is 0.452 bits per heavy atom. The van der Waals surface area contributed by atoms with Crippen LogP contribution in [0.25, 0.3) is 0 Å². The molecule has 0 spiro atoms. The summed E-state index contributed by atoms with van der Waals surface area (Å²) in [6.07, 6.45) is -4.61. The largest absolute Gasteiger partial charge is 0.382 e. The molecule has 0 aromatic heterocycles. The molecule has 4 rings (SSSR count). The normalized spacial score (nSPS) is 32.6. The Bertz CT molecular complexity index is 1370. The Morgan fingerprint density at radius 3 is 1.30 bits per heavy atom. The zero-order valence-corrected chi connectivity index (χ0v) is 46.3. The van der Waals surface area contributed by atoms with E-state index in [0.29, 0.717) is 64.1 Å². The van der Waals surface area contributed by atoms with Gasteiger partial charge >= 0.3 is 0 Å². The van der Waals surface area contributed by atoms with Crippen molar-refractivity contribution in [2.45, 2.75) is 203 Å². The Labute approximate surface area is 434 Å². The first-order chi connectivity index (χ1) is 35.4. The molecule has 0 aliphatic carbocycles. The maximum Gasteiger partial charge on any atom is 0.186 e. The quantitative estimate of drug-likeness (QED) is 0.0779. The zero-order valence-electron chi connectivity index (χ0n) is 46.3. The molecular formula is C50H94O23. The fourth-order valence-corrected chi connectivity index (χ4v) is 9.17. The molecule has 432 valence electrons. The van der Waals surface area contributed by atoms with Crippen molar-refractivity contribution in [2.24, 2.45) is 5.92 Å². The molecule has 18 unspecified atom stereocenters. The third-order valence-corrected chi connectivity index (χ3v) is 13.6. The van der Waals surface area contributed by atoms with Gasteiger partial charge in [0.05, 0.1) is 69.7 Å². The third kappa shape index (κ3) is 21.3. The number of hydrogen-bond acceptors (Lipinski definition) is 23. The van der Waals surface area contributed by atoms with E-state index in [2.05, 4.69) is 6.92 Å². The van der Waals surface area contributed by atoms with Gasteiger partial charge in [-0.05, 0) is 38.5 Å². The second-order valence-corrected chi connectivity index (χ2v) is 18.7. The predicted molar refractivity (Wildman–Crippen MR) is 258 cm³/mol. The molecule has 4 heterocycles. The van der Waals surface area contributed by atoms with Gasteiger partial charge in [0.25, 0.3) is 0 Å². The SMILES string of the molecule is CCC(OC)C(OCOC1OCC(OC(OCOC2OCC(OC(OCOC3OCC(C)CC3OC)[C@H](CC)OC)CC2OC)[C@H](CC)OC)CC1OC)OC(COC)CC(OC)OC1COC(C)C(OC)C1. The Balaban J connectivity index is 1.26. The van der Waals surface area contributed by atoms with Crippen molar-refractivity contribution in [1.29, 1.82) is 0 Å². The monoisotopic (exact) mass is 1060 g/mol. The molecule has 0 saturated carbocycles. The minimum Gasteiger partial charge on any atom is -0.382 e. The molecule has 23 nitrogen and oxygen atoms in total. The van der Waals surface area contributed by atoms with Crippen LogP contribution in [0.5, 0.6) is 0 Å². The van der Waals surface area contributed by atoms with Gasteiger partial charge in [0.1, 0.15) is 36.6 Å². The van der Waals surface area contributed by atoms with E-state index < -0.39 is 86.8 Å². The molecule has 4 aliphatic heterocycles. The van der Waals surface area contributed by atoms with E-state index in [1.54, 1.807) is 64.0 Å². The Morgan fingerprint density at radius 2 is 0.863 bits per heavy atom. The summed E-state index contributed by atoms with van der Waals surface area (Å²) in [7, 11) is 14.5. The summed E-state index contributed by atoms with van der Waals surface area (Å²) in [6.45, 7) is 11.2. The summed E-state index contributed by atoms with van der Waals surface area (Å²) in [6, 6.07) is 0. The molecule has 0 aromatic carbocycles. The maximum atomic E-state index is 6.48. The van der Waals surface area contributed by atoms with Crippen LogP contribution in [0, 0.1) is 5.92 Å². The van der Waals surface area contributed by atoms with Crippen molar-refractivity contribution >= 4 is 0 Å². The maximum absolute atomic E-state index is 6.48. The fourth-order valence-electron chi connectivity index (χ4n) is 9.17. The molecule has 0 radical (unpaired) electrons. The number of methoxy groups -OCH3 is 9. The Kier molecular flexibility index (Phi) is 32.1. The molecule has 4 aliphatic rings. The second-order valence-electron chi connectivity index (χ2n) is 18.7. The smallest absolute Gasteiger partial charge is 0.186 e. The lowest BCUT2D eigenvalue weighted by atomic mass is 10.0. The first-order valence-electron chi connectivity index (χ1n) is 25.9. The minimum atomic E-state index is -0.832. The molecule has 23 heteroatoms.